The van der Waals surface area contributed by atoms with Gasteiger partial charge in [-0.15, -0.1) is 0 Å². The molecule has 0 fully saturated rings. The summed E-state index contributed by atoms with van der Waals surface area (Å²) in [5, 5.41) is 0. The van der Waals surface area contributed by atoms with Gasteiger partial charge in [-0.3, -0.25) is 9.69 Å². The van der Waals surface area contributed by atoms with Crippen LogP contribution < -0.4 is 20.1 Å². The Hall–Kier alpha value is -2.76. The molecule has 3 rings (SSSR count). The molecule has 132 valence electrons. The Bertz CT molecular complexity index is 776. The average molecular weight is 341 g/mol. The number of aromatic nitrogens is 1. The third kappa shape index (κ3) is 3.68. The number of amides is 1. The van der Waals surface area contributed by atoms with Crippen LogP contribution in [0, 0.1) is 12.8 Å². The Morgan fingerprint density at radius 3 is 2.84 bits per heavy atom. The molecule has 1 aliphatic rings. The molecule has 1 unspecified atom stereocenters. The predicted octanol–water partition coefficient (Wildman–Crippen LogP) is 2.80. The number of pyridine rings is 1. The highest BCUT2D eigenvalue weighted by molar-refractivity contribution is 5.99. The number of benzene rings is 1. The van der Waals surface area contributed by atoms with Crippen LogP contribution in [0.1, 0.15) is 19.4 Å². The zero-order chi connectivity index (χ0) is 18.0. The lowest BCUT2D eigenvalue weighted by Gasteiger charge is -2.35. The Balaban J connectivity index is 1.78. The number of nitrogens with zero attached hydrogens (tertiary/aromatic N) is 2. The van der Waals surface area contributed by atoms with E-state index in [0.29, 0.717) is 30.5 Å². The van der Waals surface area contributed by atoms with Gasteiger partial charge in [0.05, 0.1) is 6.54 Å². The molecule has 0 saturated carbocycles. The van der Waals surface area contributed by atoms with E-state index in [1.54, 1.807) is 17.0 Å². The van der Waals surface area contributed by atoms with E-state index in [1.807, 2.05) is 45.0 Å². The van der Waals surface area contributed by atoms with E-state index in [9.17, 15) is 4.79 Å². The van der Waals surface area contributed by atoms with Gasteiger partial charge in [0.1, 0.15) is 18.2 Å². The summed E-state index contributed by atoms with van der Waals surface area (Å²) in [6.07, 6.45) is -0.531. The Labute approximate surface area is 147 Å². The molecule has 1 atom stereocenters. The second-order valence-corrected chi connectivity index (χ2v) is 6.50. The molecule has 6 nitrogen and oxygen atoms in total. The van der Waals surface area contributed by atoms with Gasteiger partial charge in [0.15, 0.2) is 17.7 Å². The molecular formula is C19H23N3O3. The maximum atomic E-state index is 12.8. The number of rotatable bonds is 5. The Kier molecular flexibility index (Phi) is 4.79. The molecule has 1 aliphatic heterocycles. The molecule has 0 aliphatic carbocycles. The van der Waals surface area contributed by atoms with E-state index in [2.05, 4.69) is 4.98 Å². The number of carbonyl (C=O) groups excluding carboxylic acids is 1. The van der Waals surface area contributed by atoms with Crippen LogP contribution in [-0.2, 0) is 4.79 Å². The van der Waals surface area contributed by atoms with Crippen molar-refractivity contribution in [2.24, 2.45) is 5.92 Å². The van der Waals surface area contributed by atoms with Gasteiger partial charge < -0.3 is 15.2 Å². The van der Waals surface area contributed by atoms with Crippen molar-refractivity contribution in [1.82, 2.24) is 4.98 Å². The number of fused-ring (bicyclic) bond motifs is 1. The average Bonchev–Trinajstić information content (AvgIpc) is 2.56. The summed E-state index contributed by atoms with van der Waals surface area (Å²) in [7, 11) is 0. The molecular weight excluding hydrogens is 318 g/mol. The van der Waals surface area contributed by atoms with Crippen molar-refractivity contribution in [2.75, 3.05) is 23.8 Å². The lowest BCUT2D eigenvalue weighted by molar-refractivity contribution is -0.128. The van der Waals surface area contributed by atoms with Crippen LogP contribution in [0.5, 0.6) is 11.5 Å². The van der Waals surface area contributed by atoms with Crippen molar-refractivity contribution in [3.63, 3.8) is 0 Å². The number of aryl methyl sites for hydroxylation is 1. The smallest absolute Gasteiger partial charge is 0.269 e. The van der Waals surface area contributed by atoms with Crippen LogP contribution in [-0.4, -0.2) is 30.1 Å². The van der Waals surface area contributed by atoms with Gasteiger partial charge in [-0.2, -0.15) is 0 Å². The molecule has 0 radical (unpaired) electrons. The topological polar surface area (TPSA) is 77.7 Å². The van der Waals surface area contributed by atoms with Crippen molar-refractivity contribution in [3.05, 3.63) is 42.0 Å². The molecule has 6 heteroatoms. The van der Waals surface area contributed by atoms with E-state index in [4.69, 9.17) is 15.2 Å². The van der Waals surface area contributed by atoms with Crippen molar-refractivity contribution in [3.8, 4) is 11.5 Å². The molecule has 25 heavy (non-hydrogen) atoms. The monoisotopic (exact) mass is 341 g/mol. The quantitative estimate of drug-likeness (QED) is 0.905. The van der Waals surface area contributed by atoms with Crippen molar-refractivity contribution >= 4 is 17.5 Å². The van der Waals surface area contributed by atoms with Gasteiger partial charge in [-0.1, -0.05) is 26.0 Å². The van der Waals surface area contributed by atoms with Gasteiger partial charge in [0.2, 0.25) is 0 Å². The highest BCUT2D eigenvalue weighted by Gasteiger charge is 2.37. The van der Waals surface area contributed by atoms with Gasteiger partial charge in [0, 0.05) is 0 Å². The fraction of sp³-hybridized carbons (Fsp3) is 0.368. The zero-order valence-electron chi connectivity index (χ0n) is 14.7. The number of carbonyl (C=O) groups is 1. The van der Waals surface area contributed by atoms with Crippen LogP contribution >= 0.6 is 0 Å². The van der Waals surface area contributed by atoms with Gasteiger partial charge in [-0.05, 0) is 42.7 Å². The van der Waals surface area contributed by atoms with E-state index in [1.165, 1.54) is 0 Å². The Morgan fingerprint density at radius 1 is 1.32 bits per heavy atom. The first-order valence-electron chi connectivity index (χ1n) is 8.39. The van der Waals surface area contributed by atoms with Gasteiger partial charge >= 0.3 is 0 Å². The summed E-state index contributed by atoms with van der Waals surface area (Å²) < 4.78 is 11.6. The summed E-state index contributed by atoms with van der Waals surface area (Å²) in [5.41, 5.74) is 6.91. The normalized spacial score (nSPS) is 16.6. The fourth-order valence-corrected chi connectivity index (χ4v) is 2.78. The lowest BCUT2D eigenvalue weighted by Crippen LogP contribution is -2.50. The van der Waals surface area contributed by atoms with E-state index in [0.717, 1.165) is 11.3 Å². The highest BCUT2D eigenvalue weighted by atomic mass is 16.5. The van der Waals surface area contributed by atoms with Gasteiger partial charge in [0.25, 0.3) is 5.91 Å². The van der Waals surface area contributed by atoms with Crippen molar-refractivity contribution in [2.45, 2.75) is 26.9 Å². The fourth-order valence-electron chi connectivity index (χ4n) is 2.78. The van der Waals surface area contributed by atoms with Crippen molar-refractivity contribution < 1.29 is 14.3 Å². The van der Waals surface area contributed by atoms with Crippen LogP contribution in [0.3, 0.4) is 0 Å². The minimum atomic E-state index is -0.531. The zero-order valence-corrected chi connectivity index (χ0v) is 14.7. The predicted molar refractivity (Wildman–Crippen MR) is 96.9 cm³/mol. The second-order valence-electron chi connectivity index (χ2n) is 6.50. The number of nitrogens with two attached hydrogens (primary N) is 1. The van der Waals surface area contributed by atoms with Crippen molar-refractivity contribution in [1.29, 1.82) is 0 Å². The molecule has 0 spiro atoms. The highest BCUT2D eigenvalue weighted by Crippen LogP contribution is 2.34. The Morgan fingerprint density at radius 2 is 2.12 bits per heavy atom. The largest absolute Gasteiger partial charge is 0.492 e. The third-order valence-electron chi connectivity index (χ3n) is 4.06. The minimum absolute atomic E-state index is 0.0541. The molecule has 0 bridgehead atoms. The molecule has 2 N–H and O–H groups in total. The summed E-state index contributed by atoms with van der Waals surface area (Å²) >= 11 is 0. The van der Waals surface area contributed by atoms with Crippen LogP contribution in [0.2, 0.25) is 0 Å². The molecule has 1 aromatic carbocycles. The number of hydrogen-bond donors (Lipinski definition) is 1. The minimum Gasteiger partial charge on any atom is -0.492 e. The van der Waals surface area contributed by atoms with E-state index in [-0.39, 0.29) is 11.8 Å². The van der Waals surface area contributed by atoms with E-state index >= 15 is 0 Å². The summed E-state index contributed by atoms with van der Waals surface area (Å²) in [6.45, 7) is 6.66. The maximum absolute atomic E-state index is 12.8. The van der Waals surface area contributed by atoms with Crippen LogP contribution in [0.15, 0.2) is 36.4 Å². The van der Waals surface area contributed by atoms with Gasteiger partial charge in [-0.25, -0.2) is 4.98 Å². The SMILES string of the molecule is Cc1cccc(OCCN2C(=O)C(C(C)C)Oc3ccc(N)nc32)c1. The maximum Gasteiger partial charge on any atom is 0.269 e. The third-order valence-corrected chi connectivity index (χ3v) is 4.06. The first kappa shape index (κ1) is 17.1. The standard InChI is InChI=1S/C19H23N3O3/c1-12(2)17-19(23)22(18-15(25-17)7-8-16(20)21-18)9-10-24-14-6-4-5-13(3)11-14/h4-8,11-12,17H,9-10H2,1-3H3,(H2,20,21). The number of hydrogen-bond acceptors (Lipinski definition) is 5. The number of nitrogen functional groups attached to an aromatic ring is 1. The number of anilines is 2. The van der Waals surface area contributed by atoms with E-state index < -0.39 is 6.10 Å². The second kappa shape index (κ2) is 7.01. The molecule has 1 aromatic heterocycles. The summed E-state index contributed by atoms with van der Waals surface area (Å²) in [5.74, 6) is 2.09. The first-order valence-corrected chi connectivity index (χ1v) is 8.39. The lowest BCUT2D eigenvalue weighted by atomic mass is 10.0. The molecule has 2 aromatic rings. The molecule has 2 heterocycles. The first-order chi connectivity index (χ1) is 12.0. The molecule has 1 amide bonds. The number of ether oxygens (including phenoxy) is 2. The summed E-state index contributed by atoms with van der Waals surface area (Å²) in [6, 6.07) is 11.2. The summed E-state index contributed by atoms with van der Waals surface area (Å²) in [4.78, 5) is 18.7. The van der Waals surface area contributed by atoms with Crippen LogP contribution in [0.4, 0.5) is 11.6 Å². The van der Waals surface area contributed by atoms with Crippen LogP contribution in [0.25, 0.3) is 0 Å². The molecule has 0 saturated heterocycles.